The third kappa shape index (κ3) is 6.69. The summed E-state index contributed by atoms with van der Waals surface area (Å²) in [4.78, 5) is 22.7. The van der Waals surface area contributed by atoms with Crippen LogP contribution in [0.4, 0.5) is 0 Å². The maximum atomic E-state index is 12.1. The Morgan fingerprint density at radius 3 is 2.50 bits per heavy atom. The molecule has 0 spiro atoms. The third-order valence-corrected chi connectivity index (χ3v) is 5.53. The van der Waals surface area contributed by atoms with Crippen molar-refractivity contribution in [2.75, 3.05) is 19.8 Å². The van der Waals surface area contributed by atoms with E-state index >= 15 is 0 Å². The smallest absolute Gasteiger partial charge is 0.309 e. The standard InChI is InChI=1S/C19H34O5/c1-14-6-8-16(9-7-14)12-23-24-18(11-20)13-22-19(21)17-5-3-4-15(2)10-17/h14-18,20H,3-13H2,1-2H3. The number of carbonyl (C=O) groups is 1. The number of ether oxygens (including phenoxy) is 1. The first kappa shape index (κ1) is 19.7. The van der Waals surface area contributed by atoms with E-state index in [0.29, 0.717) is 18.4 Å². The molecule has 0 aromatic rings. The van der Waals surface area contributed by atoms with Crippen molar-refractivity contribution >= 4 is 5.97 Å². The second-order valence-corrected chi connectivity index (χ2v) is 7.91. The Balaban J connectivity index is 1.60. The molecular weight excluding hydrogens is 308 g/mol. The van der Waals surface area contributed by atoms with Gasteiger partial charge in [-0.05, 0) is 43.4 Å². The number of hydrogen-bond donors (Lipinski definition) is 1. The van der Waals surface area contributed by atoms with Crippen molar-refractivity contribution in [2.45, 2.75) is 71.3 Å². The minimum absolute atomic E-state index is 0.00163. The van der Waals surface area contributed by atoms with Gasteiger partial charge in [-0.25, -0.2) is 9.78 Å². The van der Waals surface area contributed by atoms with Gasteiger partial charge in [-0.3, -0.25) is 4.79 Å². The van der Waals surface area contributed by atoms with Gasteiger partial charge in [0.2, 0.25) is 0 Å². The van der Waals surface area contributed by atoms with Gasteiger partial charge in [0.25, 0.3) is 0 Å². The van der Waals surface area contributed by atoms with E-state index in [4.69, 9.17) is 14.5 Å². The van der Waals surface area contributed by atoms with E-state index in [0.717, 1.165) is 25.2 Å². The Morgan fingerprint density at radius 2 is 1.83 bits per heavy atom. The van der Waals surface area contributed by atoms with Crippen molar-refractivity contribution in [1.82, 2.24) is 0 Å². The van der Waals surface area contributed by atoms with Gasteiger partial charge in [0.05, 0.1) is 19.1 Å². The van der Waals surface area contributed by atoms with E-state index in [-0.39, 0.29) is 25.1 Å². The van der Waals surface area contributed by atoms with Gasteiger partial charge in [-0.1, -0.05) is 39.5 Å². The zero-order chi connectivity index (χ0) is 17.4. The van der Waals surface area contributed by atoms with Gasteiger partial charge in [0, 0.05) is 0 Å². The highest BCUT2D eigenvalue weighted by molar-refractivity contribution is 5.72. The molecule has 24 heavy (non-hydrogen) atoms. The maximum Gasteiger partial charge on any atom is 0.309 e. The Hall–Kier alpha value is -0.650. The molecular formula is C19H34O5. The lowest BCUT2D eigenvalue weighted by molar-refractivity contribution is -0.340. The minimum Gasteiger partial charge on any atom is -0.462 e. The van der Waals surface area contributed by atoms with E-state index in [1.807, 2.05) is 0 Å². The summed E-state index contributed by atoms with van der Waals surface area (Å²) in [5.41, 5.74) is 0. The predicted molar refractivity (Wildman–Crippen MR) is 91.1 cm³/mol. The van der Waals surface area contributed by atoms with Crippen molar-refractivity contribution in [3.8, 4) is 0 Å². The zero-order valence-corrected chi connectivity index (χ0v) is 15.2. The summed E-state index contributed by atoms with van der Waals surface area (Å²) in [6.07, 6.45) is 8.32. The molecule has 3 atom stereocenters. The number of aliphatic hydroxyl groups is 1. The van der Waals surface area contributed by atoms with Crippen molar-refractivity contribution in [1.29, 1.82) is 0 Å². The first-order valence-corrected chi connectivity index (χ1v) is 9.64. The SMILES string of the molecule is CC1CCC(COOC(CO)COC(=O)C2CCCC(C)C2)CC1. The van der Waals surface area contributed by atoms with Gasteiger partial charge in [0.1, 0.15) is 12.7 Å². The number of esters is 1. The van der Waals surface area contributed by atoms with Crippen LogP contribution in [0, 0.1) is 23.7 Å². The molecule has 5 nitrogen and oxygen atoms in total. The van der Waals surface area contributed by atoms with E-state index in [9.17, 15) is 9.90 Å². The van der Waals surface area contributed by atoms with Gasteiger partial charge >= 0.3 is 5.97 Å². The molecule has 140 valence electrons. The van der Waals surface area contributed by atoms with Crippen LogP contribution in [0.5, 0.6) is 0 Å². The van der Waals surface area contributed by atoms with Gasteiger partial charge in [-0.15, -0.1) is 0 Å². The monoisotopic (exact) mass is 342 g/mol. The molecule has 2 fully saturated rings. The van der Waals surface area contributed by atoms with E-state index in [2.05, 4.69) is 13.8 Å². The second kappa shape index (κ2) is 10.4. The minimum atomic E-state index is -0.600. The summed E-state index contributed by atoms with van der Waals surface area (Å²) in [7, 11) is 0. The third-order valence-electron chi connectivity index (χ3n) is 5.53. The Kier molecular flexibility index (Phi) is 8.50. The lowest BCUT2D eigenvalue weighted by atomic mass is 9.82. The fourth-order valence-corrected chi connectivity index (χ4v) is 3.78. The summed E-state index contributed by atoms with van der Waals surface area (Å²) in [6.45, 7) is 4.87. The summed E-state index contributed by atoms with van der Waals surface area (Å²) in [6, 6.07) is 0. The van der Waals surface area contributed by atoms with Crippen LogP contribution in [-0.2, 0) is 19.3 Å². The lowest BCUT2D eigenvalue weighted by Crippen LogP contribution is -2.30. The zero-order valence-electron chi connectivity index (χ0n) is 15.2. The van der Waals surface area contributed by atoms with Crippen LogP contribution >= 0.6 is 0 Å². The molecule has 0 heterocycles. The molecule has 0 aromatic carbocycles. The Morgan fingerprint density at radius 1 is 1.08 bits per heavy atom. The molecule has 2 saturated carbocycles. The maximum absolute atomic E-state index is 12.1. The molecule has 5 heteroatoms. The van der Waals surface area contributed by atoms with Crippen LogP contribution in [0.2, 0.25) is 0 Å². The highest BCUT2D eigenvalue weighted by Gasteiger charge is 2.27. The molecule has 0 bridgehead atoms. The first-order valence-electron chi connectivity index (χ1n) is 9.64. The molecule has 0 aromatic heterocycles. The topological polar surface area (TPSA) is 65.0 Å². The van der Waals surface area contributed by atoms with Crippen LogP contribution < -0.4 is 0 Å². The van der Waals surface area contributed by atoms with E-state index in [1.165, 1.54) is 32.1 Å². The van der Waals surface area contributed by atoms with Gasteiger partial charge in [0.15, 0.2) is 0 Å². The van der Waals surface area contributed by atoms with Gasteiger partial charge in [-0.2, -0.15) is 0 Å². The van der Waals surface area contributed by atoms with Gasteiger partial charge < -0.3 is 9.84 Å². The average Bonchev–Trinajstić information content (AvgIpc) is 2.59. The molecule has 0 saturated heterocycles. The normalized spacial score (nSPS) is 32.3. The van der Waals surface area contributed by atoms with Crippen LogP contribution in [0.3, 0.4) is 0 Å². The number of carbonyl (C=O) groups excluding carboxylic acids is 1. The fourth-order valence-electron chi connectivity index (χ4n) is 3.78. The highest BCUT2D eigenvalue weighted by atomic mass is 17.2. The van der Waals surface area contributed by atoms with Crippen LogP contribution in [0.15, 0.2) is 0 Å². The van der Waals surface area contributed by atoms with Crippen LogP contribution in [0.1, 0.15) is 65.2 Å². The highest BCUT2D eigenvalue weighted by Crippen LogP contribution is 2.30. The largest absolute Gasteiger partial charge is 0.462 e. The summed E-state index contributed by atoms with van der Waals surface area (Å²) in [5.74, 6) is 1.77. The Bertz CT molecular complexity index is 365. The quantitative estimate of drug-likeness (QED) is 0.415. The number of rotatable bonds is 8. The molecule has 2 aliphatic rings. The van der Waals surface area contributed by atoms with Crippen molar-refractivity contribution < 1.29 is 24.4 Å². The average molecular weight is 342 g/mol. The lowest BCUT2D eigenvalue weighted by Gasteiger charge is -2.26. The predicted octanol–water partition coefficient (Wildman–Crippen LogP) is 3.49. The molecule has 0 radical (unpaired) electrons. The molecule has 2 aliphatic carbocycles. The summed E-state index contributed by atoms with van der Waals surface area (Å²) >= 11 is 0. The molecule has 0 aliphatic heterocycles. The van der Waals surface area contributed by atoms with Crippen LogP contribution in [0.25, 0.3) is 0 Å². The van der Waals surface area contributed by atoms with Crippen LogP contribution in [-0.4, -0.2) is 37.0 Å². The van der Waals surface area contributed by atoms with Crippen molar-refractivity contribution in [3.05, 3.63) is 0 Å². The second-order valence-electron chi connectivity index (χ2n) is 7.91. The molecule has 3 unspecified atom stereocenters. The summed E-state index contributed by atoms with van der Waals surface area (Å²) in [5, 5.41) is 9.37. The first-order chi connectivity index (χ1) is 11.6. The molecule has 2 rings (SSSR count). The number of aliphatic hydroxyl groups excluding tert-OH is 1. The Labute approximate surface area is 146 Å². The van der Waals surface area contributed by atoms with E-state index in [1.54, 1.807) is 0 Å². The fraction of sp³-hybridized carbons (Fsp3) is 0.947. The van der Waals surface area contributed by atoms with Crippen molar-refractivity contribution in [3.63, 3.8) is 0 Å². The van der Waals surface area contributed by atoms with Crippen molar-refractivity contribution in [2.24, 2.45) is 23.7 Å². The van der Waals surface area contributed by atoms with E-state index < -0.39 is 6.10 Å². The number of hydrogen-bond acceptors (Lipinski definition) is 5. The molecule has 1 N–H and O–H groups in total. The molecule has 0 amide bonds. The summed E-state index contributed by atoms with van der Waals surface area (Å²) < 4.78 is 5.34.